The minimum Gasteiger partial charge on any atom is -0.481 e. The summed E-state index contributed by atoms with van der Waals surface area (Å²) in [5, 5.41) is 13.4. The van der Waals surface area contributed by atoms with Crippen molar-refractivity contribution >= 4 is 23.8 Å². The van der Waals surface area contributed by atoms with Crippen LogP contribution in [0.1, 0.15) is 153 Å². The van der Waals surface area contributed by atoms with Gasteiger partial charge in [-0.05, 0) is 147 Å². The van der Waals surface area contributed by atoms with E-state index in [2.05, 4.69) is 84.0 Å². The molecule has 0 radical (unpaired) electrons. The highest BCUT2D eigenvalue weighted by Crippen LogP contribution is 2.78. The molecule has 8 fully saturated rings. The van der Waals surface area contributed by atoms with Crippen LogP contribution in [0, 0.1) is 85.2 Å². The molecule has 8 rings (SSSR count). The van der Waals surface area contributed by atoms with Crippen LogP contribution < -0.4 is 5.32 Å². The van der Waals surface area contributed by atoms with Gasteiger partial charge in [-0.25, -0.2) is 0 Å². The lowest BCUT2D eigenvalue weighted by Gasteiger charge is -2.73. The van der Waals surface area contributed by atoms with Crippen molar-refractivity contribution in [3.05, 3.63) is 12.2 Å². The second-order valence-electron chi connectivity index (χ2n) is 24.5. The number of nitrogens with one attached hydrogen (secondary N) is 1. The molecule has 0 aromatic heterocycles. The number of fused-ring (bicyclic) bond motifs is 7. The molecule has 1 aliphatic heterocycles. The molecule has 0 bridgehead atoms. The van der Waals surface area contributed by atoms with Crippen LogP contribution in [0.5, 0.6) is 0 Å². The molecule has 7 saturated carbocycles. The predicted octanol–water partition coefficient (Wildman–Crippen LogP) is 9.00. The summed E-state index contributed by atoms with van der Waals surface area (Å²) < 4.78 is 6.46. The monoisotopic (exact) mass is 832 g/mol. The lowest BCUT2D eigenvalue weighted by atomic mass is 9.32. The van der Waals surface area contributed by atoms with Crippen molar-refractivity contribution in [1.29, 1.82) is 0 Å². The fraction of sp³-hybridized carbons (Fsp3) is 0.882. The zero-order valence-corrected chi connectivity index (χ0v) is 39.4. The Labute approximate surface area is 362 Å². The Hall–Kier alpha value is -2.42. The van der Waals surface area contributed by atoms with E-state index >= 15 is 4.79 Å². The molecule has 336 valence electrons. The number of aliphatic carboxylic acids is 1. The number of piperazine rings is 1. The minimum atomic E-state index is -0.821. The molecule has 1 saturated heterocycles. The molecule has 9 nitrogen and oxygen atoms in total. The highest BCUT2D eigenvalue weighted by Gasteiger charge is 2.72. The molecule has 2 N–H and O–H groups in total. The molecule has 7 aliphatic carbocycles. The van der Waals surface area contributed by atoms with Crippen molar-refractivity contribution in [3.8, 4) is 0 Å². The molecule has 0 aromatic carbocycles. The van der Waals surface area contributed by atoms with Gasteiger partial charge in [0.25, 0.3) is 0 Å². The van der Waals surface area contributed by atoms with Gasteiger partial charge in [0, 0.05) is 43.6 Å². The number of ether oxygens (including phenoxy) is 1. The Morgan fingerprint density at radius 2 is 1.40 bits per heavy atom. The summed E-state index contributed by atoms with van der Waals surface area (Å²) in [5.74, 6) is 0.592. The summed E-state index contributed by atoms with van der Waals surface area (Å²) in [6, 6.07) is 0.00574. The van der Waals surface area contributed by atoms with Crippen LogP contribution in [-0.4, -0.2) is 83.5 Å². The van der Waals surface area contributed by atoms with Gasteiger partial charge in [0.1, 0.15) is 6.10 Å². The van der Waals surface area contributed by atoms with Gasteiger partial charge in [-0.2, -0.15) is 0 Å². The first-order valence-corrected chi connectivity index (χ1v) is 24.3. The number of allylic oxidation sites excluding steroid dienone is 1. The third-order valence-electron chi connectivity index (χ3n) is 21.6. The summed E-state index contributed by atoms with van der Waals surface area (Å²) in [4.78, 5) is 58.9. The van der Waals surface area contributed by atoms with Crippen LogP contribution >= 0.6 is 0 Å². The fourth-order valence-corrected chi connectivity index (χ4v) is 17.1. The third-order valence-corrected chi connectivity index (χ3v) is 21.6. The number of carboxylic acid groups (broad SMARTS) is 1. The average Bonchev–Trinajstić information content (AvgIpc) is 3.58. The molecule has 60 heavy (non-hydrogen) atoms. The summed E-state index contributed by atoms with van der Waals surface area (Å²) in [5.41, 5.74) is 0.0924. The highest BCUT2D eigenvalue weighted by molar-refractivity contribution is 5.86. The molecule has 0 aromatic rings. The van der Waals surface area contributed by atoms with Crippen molar-refractivity contribution in [1.82, 2.24) is 15.1 Å². The maximum atomic E-state index is 15.1. The van der Waals surface area contributed by atoms with Gasteiger partial charge in [0.05, 0.1) is 17.3 Å². The molecular weight excluding hydrogens is 751 g/mol. The molecule has 1 heterocycles. The number of likely N-dealkylation sites (N-methyl/N-ethyl adjacent to an activating group) is 1. The number of nitrogens with zero attached hydrogens (tertiary/aromatic N) is 2. The van der Waals surface area contributed by atoms with Crippen LogP contribution in [0.3, 0.4) is 0 Å². The molecule has 14 atom stereocenters. The van der Waals surface area contributed by atoms with Gasteiger partial charge in [-0.1, -0.05) is 81.4 Å². The van der Waals surface area contributed by atoms with E-state index in [0.29, 0.717) is 30.1 Å². The van der Waals surface area contributed by atoms with E-state index in [4.69, 9.17) is 4.74 Å². The Morgan fingerprint density at radius 3 is 2.00 bits per heavy atom. The molecule has 9 heteroatoms. The number of carbonyl (C=O) groups is 4. The standard InChI is InChI=1S/C51H81N3O6/c1-13-53-24-26-54(27-25-53)41(55)33-29-38(46(33,6)7)52-44(59)51-21-16-31(30(2)3)40(51)32-14-15-37-48(10)19-18-39(60-43(58)35-28-34(42(56)57)45(35,4)5)47(8,9)36(48)17-20-50(37,12)49(32,11)22-23-51/h31-40H,2,13-29H2,1,3-12H3,(H,52,59)(H,56,57)/t31-,32?,33-,34+,35-,36?,37+,38-,39-,40+,48-,49+,50+,51-/m0/s1. The molecular formula is C51H81N3O6. The smallest absolute Gasteiger partial charge is 0.309 e. The van der Waals surface area contributed by atoms with E-state index < -0.39 is 22.7 Å². The SMILES string of the molecule is C=C(C)[C@@H]1CC[C@]2(C(=O)N[C@H]3C[C@@H](C(=O)N4CCN(CC)CC4)C3(C)C)CC[C@]3(C)C(CC[C@@H]4[C@@]5(C)CC[C@H](OC(=O)[C@@H]6C[C@H](C(=O)O)C6(C)C)C(C)(C)C5CC[C@]43C)[C@@H]12. The van der Waals surface area contributed by atoms with Gasteiger partial charge in [0.15, 0.2) is 0 Å². The maximum absolute atomic E-state index is 15.1. The first-order valence-electron chi connectivity index (χ1n) is 24.3. The van der Waals surface area contributed by atoms with Crippen LogP contribution in [0.25, 0.3) is 0 Å². The number of carboxylic acids is 1. The zero-order valence-electron chi connectivity index (χ0n) is 39.4. The minimum absolute atomic E-state index is 0.00574. The van der Waals surface area contributed by atoms with E-state index in [9.17, 15) is 19.5 Å². The van der Waals surface area contributed by atoms with Crippen LogP contribution in [0.4, 0.5) is 0 Å². The molecule has 2 unspecified atom stereocenters. The summed E-state index contributed by atoms with van der Waals surface area (Å²) in [6.45, 7) is 34.2. The Morgan fingerprint density at radius 1 is 0.717 bits per heavy atom. The van der Waals surface area contributed by atoms with Crippen LogP contribution in [-0.2, 0) is 23.9 Å². The lowest BCUT2D eigenvalue weighted by Crippen LogP contribution is -2.69. The second kappa shape index (κ2) is 14.6. The molecule has 8 aliphatic rings. The van der Waals surface area contributed by atoms with Gasteiger partial charge < -0.3 is 25.0 Å². The fourth-order valence-electron chi connectivity index (χ4n) is 17.1. The largest absolute Gasteiger partial charge is 0.481 e. The van der Waals surface area contributed by atoms with Crippen LogP contribution in [0.2, 0.25) is 0 Å². The number of carbonyl (C=O) groups excluding carboxylic acids is 3. The van der Waals surface area contributed by atoms with E-state index in [1.54, 1.807) is 0 Å². The van der Waals surface area contributed by atoms with Gasteiger partial charge in [-0.3, -0.25) is 19.2 Å². The first-order chi connectivity index (χ1) is 27.9. The normalized spacial score (nSPS) is 46.2. The zero-order chi connectivity index (χ0) is 43.7. The van der Waals surface area contributed by atoms with E-state index in [-0.39, 0.29) is 74.8 Å². The predicted molar refractivity (Wildman–Crippen MR) is 234 cm³/mol. The molecule has 0 spiro atoms. The van der Waals surface area contributed by atoms with Crippen molar-refractivity contribution in [2.45, 2.75) is 165 Å². The number of rotatable bonds is 8. The summed E-state index contributed by atoms with van der Waals surface area (Å²) >= 11 is 0. The third kappa shape index (κ3) is 6.11. The summed E-state index contributed by atoms with van der Waals surface area (Å²) in [6.07, 6.45) is 11.3. The van der Waals surface area contributed by atoms with Gasteiger partial charge in [0.2, 0.25) is 11.8 Å². The Balaban J connectivity index is 0.986. The van der Waals surface area contributed by atoms with Crippen molar-refractivity contribution in [2.24, 2.45) is 85.2 Å². The Kier molecular flexibility index (Phi) is 10.7. The van der Waals surface area contributed by atoms with E-state index in [1.165, 1.54) is 12.0 Å². The van der Waals surface area contributed by atoms with Gasteiger partial charge in [-0.15, -0.1) is 0 Å². The topological polar surface area (TPSA) is 116 Å². The van der Waals surface area contributed by atoms with Gasteiger partial charge >= 0.3 is 11.9 Å². The number of hydrogen-bond acceptors (Lipinski definition) is 6. The van der Waals surface area contributed by atoms with Crippen molar-refractivity contribution in [3.63, 3.8) is 0 Å². The molecule has 2 amide bonds. The first kappa shape index (κ1) is 44.2. The highest BCUT2D eigenvalue weighted by atomic mass is 16.5. The van der Waals surface area contributed by atoms with Crippen molar-refractivity contribution < 1.29 is 29.0 Å². The second-order valence-corrected chi connectivity index (χ2v) is 24.5. The van der Waals surface area contributed by atoms with Crippen LogP contribution in [0.15, 0.2) is 12.2 Å². The number of esters is 1. The quantitative estimate of drug-likeness (QED) is 0.185. The van der Waals surface area contributed by atoms with Crippen molar-refractivity contribution in [2.75, 3.05) is 32.7 Å². The van der Waals surface area contributed by atoms with E-state index in [0.717, 1.165) is 96.9 Å². The van der Waals surface area contributed by atoms with E-state index in [1.807, 2.05) is 13.8 Å². The maximum Gasteiger partial charge on any atom is 0.309 e. The number of amides is 2. The average molecular weight is 832 g/mol. The Bertz CT molecular complexity index is 1780. The number of hydrogen-bond donors (Lipinski definition) is 2. The summed E-state index contributed by atoms with van der Waals surface area (Å²) in [7, 11) is 0. The lowest BCUT2D eigenvalue weighted by molar-refractivity contribution is -0.251.